The normalized spacial score (nSPS) is 30.8. The Morgan fingerprint density at radius 1 is 1.13 bits per heavy atom. The number of hydrogen-bond donors (Lipinski definition) is 1. The molecule has 3 fully saturated rings. The highest BCUT2D eigenvalue weighted by Crippen LogP contribution is 2.72. The van der Waals surface area contributed by atoms with E-state index < -0.39 is 33.4 Å². The van der Waals surface area contributed by atoms with Gasteiger partial charge in [0, 0.05) is 30.4 Å². The fourth-order valence-corrected chi connectivity index (χ4v) is 9.83. The summed E-state index contributed by atoms with van der Waals surface area (Å²) in [6.07, 6.45) is 8.20. The van der Waals surface area contributed by atoms with E-state index in [4.69, 9.17) is 0 Å². The molecule has 3 aliphatic rings. The van der Waals surface area contributed by atoms with Crippen molar-refractivity contribution >= 4 is 29.5 Å². The van der Waals surface area contributed by atoms with Crippen molar-refractivity contribution in [1.29, 1.82) is 0 Å². The van der Waals surface area contributed by atoms with Gasteiger partial charge < -0.3 is 19.8 Å². The Morgan fingerprint density at radius 2 is 1.79 bits per heavy atom. The van der Waals surface area contributed by atoms with Crippen LogP contribution in [0.5, 0.6) is 0 Å². The maximum atomic E-state index is 14.6. The zero-order valence-electron chi connectivity index (χ0n) is 25.0. The Morgan fingerprint density at radius 3 is 2.33 bits per heavy atom. The summed E-state index contributed by atoms with van der Waals surface area (Å²) < 4.78 is -1.11. The number of nitrogens with zero attached hydrogens (tertiary/aromatic N) is 3. The Balaban J connectivity index is 2.16. The number of amides is 3. The summed E-state index contributed by atoms with van der Waals surface area (Å²) in [5.74, 6) is -1.07. The monoisotopic (exact) mass is 561 g/mol. The molecule has 0 aliphatic carbocycles. The Bertz CT molecular complexity index is 941. The molecule has 7 atom stereocenters. The smallest absolute Gasteiger partial charge is 0.247 e. The van der Waals surface area contributed by atoms with Crippen molar-refractivity contribution in [2.75, 3.05) is 26.2 Å². The van der Waals surface area contributed by atoms with Gasteiger partial charge in [0.1, 0.15) is 6.04 Å². The zero-order valence-corrected chi connectivity index (χ0v) is 25.8. The summed E-state index contributed by atoms with van der Waals surface area (Å²) >= 11 is 1.70. The molecule has 0 aromatic rings. The van der Waals surface area contributed by atoms with Gasteiger partial charge in [-0.1, -0.05) is 46.3 Å². The molecule has 7 nitrogen and oxygen atoms in total. The second-order valence-electron chi connectivity index (χ2n) is 12.4. The van der Waals surface area contributed by atoms with E-state index in [-0.39, 0.29) is 36.3 Å². The average Bonchev–Trinajstić information content (AvgIpc) is 3.45. The summed E-state index contributed by atoms with van der Waals surface area (Å²) in [6, 6.07) is -1.19. The van der Waals surface area contributed by atoms with Crippen molar-refractivity contribution in [3.63, 3.8) is 0 Å². The van der Waals surface area contributed by atoms with Gasteiger partial charge in [-0.05, 0) is 51.9 Å². The van der Waals surface area contributed by atoms with Crippen LogP contribution in [-0.4, -0.2) is 91.4 Å². The summed E-state index contributed by atoms with van der Waals surface area (Å²) in [7, 11) is 0. The first kappa shape index (κ1) is 31.7. The lowest BCUT2D eigenvalue weighted by Gasteiger charge is -2.41. The van der Waals surface area contributed by atoms with Crippen molar-refractivity contribution < 1.29 is 19.5 Å². The largest absolute Gasteiger partial charge is 0.394 e. The van der Waals surface area contributed by atoms with Gasteiger partial charge in [0.25, 0.3) is 0 Å². The van der Waals surface area contributed by atoms with Gasteiger partial charge in [0.2, 0.25) is 17.7 Å². The maximum Gasteiger partial charge on any atom is 0.247 e. The van der Waals surface area contributed by atoms with Crippen LogP contribution >= 0.6 is 11.8 Å². The van der Waals surface area contributed by atoms with E-state index >= 15 is 0 Å². The van der Waals surface area contributed by atoms with Crippen LogP contribution in [-0.2, 0) is 14.4 Å². The second-order valence-corrected chi connectivity index (χ2v) is 14.3. The van der Waals surface area contributed by atoms with Gasteiger partial charge in [-0.15, -0.1) is 24.9 Å². The average molecular weight is 562 g/mol. The zero-order chi connectivity index (χ0) is 29.1. The first-order valence-electron chi connectivity index (χ1n) is 14.9. The number of carbonyl (C=O) groups is 3. The highest BCUT2D eigenvalue weighted by molar-refractivity contribution is 8.02. The van der Waals surface area contributed by atoms with Crippen LogP contribution in [0.2, 0.25) is 0 Å². The number of hydrogen-bond acceptors (Lipinski definition) is 5. The summed E-state index contributed by atoms with van der Waals surface area (Å²) in [5, 5.41) is 10.5. The fourth-order valence-electron chi connectivity index (χ4n) is 7.50. The van der Waals surface area contributed by atoms with E-state index in [1.807, 2.05) is 16.7 Å². The Kier molecular flexibility index (Phi) is 10.4. The van der Waals surface area contributed by atoms with Gasteiger partial charge in [-0.3, -0.25) is 14.4 Å². The molecule has 3 heterocycles. The molecule has 1 spiro atoms. The van der Waals surface area contributed by atoms with Crippen LogP contribution in [0.25, 0.3) is 0 Å². The molecule has 2 bridgehead atoms. The highest BCUT2D eigenvalue weighted by Gasteiger charge is 2.78. The standard InChI is InChI=1S/C31H51N3O4S/c1-9-13-22(7)33(18-12-4)29(38)26-31-15-14-30(8,39-31)24(27(36)32(16-10-2)17-11-3)25(31)28(37)34(26)23(20-35)19-21(5)6/h10,12,21-26,35H,2,4,9,11,13-20H2,1,3,5-8H3/t22?,23-,24+,25+,26?,30-,31?/m1/s1. The molecule has 0 aromatic heterocycles. The molecule has 3 rings (SSSR count). The van der Waals surface area contributed by atoms with Crippen molar-refractivity contribution in [3.05, 3.63) is 25.3 Å². The molecular formula is C31H51N3O4S. The second kappa shape index (κ2) is 12.8. The van der Waals surface area contributed by atoms with Crippen LogP contribution in [0.1, 0.15) is 80.1 Å². The lowest BCUT2D eigenvalue weighted by molar-refractivity contribution is -0.148. The summed E-state index contributed by atoms with van der Waals surface area (Å²) in [4.78, 5) is 48.8. The van der Waals surface area contributed by atoms with E-state index in [1.165, 1.54) is 0 Å². The van der Waals surface area contributed by atoms with Crippen molar-refractivity contribution in [2.24, 2.45) is 17.8 Å². The van der Waals surface area contributed by atoms with Crippen LogP contribution in [0.4, 0.5) is 0 Å². The van der Waals surface area contributed by atoms with E-state index in [1.54, 1.807) is 28.8 Å². The van der Waals surface area contributed by atoms with E-state index in [2.05, 4.69) is 47.8 Å². The van der Waals surface area contributed by atoms with Crippen LogP contribution in [0, 0.1) is 17.8 Å². The minimum atomic E-state index is -0.714. The molecule has 8 heteroatoms. The molecule has 0 saturated carbocycles. The van der Waals surface area contributed by atoms with Gasteiger partial charge in [0.15, 0.2) is 0 Å². The molecule has 3 amide bonds. The Labute approximate surface area is 240 Å². The third-order valence-corrected chi connectivity index (χ3v) is 11.0. The van der Waals surface area contributed by atoms with E-state index in [9.17, 15) is 19.5 Å². The third kappa shape index (κ3) is 5.57. The molecule has 1 N–H and O–H groups in total. The molecule has 3 aliphatic heterocycles. The Hall–Kier alpha value is -1.80. The number of thioether (sulfide) groups is 1. The fraction of sp³-hybridized carbons (Fsp3) is 0.774. The van der Waals surface area contributed by atoms with Crippen LogP contribution in [0.15, 0.2) is 25.3 Å². The topological polar surface area (TPSA) is 81.2 Å². The predicted molar refractivity (Wildman–Crippen MR) is 159 cm³/mol. The lowest BCUT2D eigenvalue weighted by atomic mass is 9.66. The number of aliphatic hydroxyl groups excluding tert-OH is 1. The molecule has 0 aromatic carbocycles. The molecule has 3 saturated heterocycles. The SMILES string of the molecule is C=CCN(CCC)C(=O)[C@@H]1[C@H]2C(=O)N([C@@H](CO)CC(C)C)C(C(=O)N(CC=C)C(C)CCC)C23CC[C@@]1(C)S3. The molecule has 220 valence electrons. The van der Waals surface area contributed by atoms with Crippen molar-refractivity contribution in [2.45, 2.75) is 108 Å². The number of fused-ring (bicyclic) bond motifs is 1. The predicted octanol–water partition coefficient (Wildman–Crippen LogP) is 4.50. The lowest BCUT2D eigenvalue weighted by Crippen LogP contribution is -2.59. The first-order valence-corrected chi connectivity index (χ1v) is 15.7. The highest BCUT2D eigenvalue weighted by atomic mass is 32.2. The van der Waals surface area contributed by atoms with E-state index in [0.717, 1.165) is 25.7 Å². The quantitative estimate of drug-likeness (QED) is 0.298. The minimum absolute atomic E-state index is 0.00478. The van der Waals surface area contributed by atoms with Gasteiger partial charge >= 0.3 is 0 Å². The minimum Gasteiger partial charge on any atom is -0.394 e. The number of rotatable bonds is 15. The van der Waals surface area contributed by atoms with Gasteiger partial charge in [0.05, 0.1) is 29.2 Å². The molecule has 0 radical (unpaired) electrons. The number of carbonyl (C=O) groups excluding carboxylic acids is 3. The van der Waals surface area contributed by atoms with Crippen LogP contribution in [0.3, 0.4) is 0 Å². The molecular weight excluding hydrogens is 510 g/mol. The summed E-state index contributed by atoms with van der Waals surface area (Å²) in [6.45, 7) is 21.5. The van der Waals surface area contributed by atoms with Gasteiger partial charge in [-0.25, -0.2) is 0 Å². The molecule has 39 heavy (non-hydrogen) atoms. The number of likely N-dealkylation sites (tertiary alicyclic amines) is 1. The molecule has 3 unspecified atom stereocenters. The third-order valence-electron chi connectivity index (χ3n) is 9.06. The van der Waals surface area contributed by atoms with E-state index in [0.29, 0.717) is 32.5 Å². The number of aliphatic hydroxyl groups is 1. The van der Waals surface area contributed by atoms with Crippen molar-refractivity contribution in [1.82, 2.24) is 14.7 Å². The maximum absolute atomic E-state index is 14.6. The van der Waals surface area contributed by atoms with Crippen molar-refractivity contribution in [3.8, 4) is 0 Å². The van der Waals surface area contributed by atoms with Crippen LogP contribution < -0.4 is 0 Å². The first-order chi connectivity index (χ1) is 18.5. The van der Waals surface area contributed by atoms with Gasteiger partial charge in [-0.2, -0.15) is 0 Å². The summed E-state index contributed by atoms with van der Waals surface area (Å²) in [5.41, 5.74) is 0.